The third-order valence-corrected chi connectivity index (χ3v) is 2.86. The van der Waals surface area contributed by atoms with Gasteiger partial charge in [-0.1, -0.05) is 18.2 Å². The minimum absolute atomic E-state index is 0. The second-order valence-corrected chi connectivity index (χ2v) is 4.08. The van der Waals surface area contributed by atoms with Crippen molar-refractivity contribution in [3.05, 3.63) is 54.4 Å². The summed E-state index contributed by atoms with van der Waals surface area (Å²) in [6.07, 6.45) is 0. The monoisotopic (exact) mass is 259 g/mol. The first kappa shape index (κ1) is 12.5. The first-order valence-corrected chi connectivity index (χ1v) is 5.56. The van der Waals surface area contributed by atoms with Gasteiger partial charge in [0.05, 0.1) is 11.0 Å². The van der Waals surface area contributed by atoms with Crippen molar-refractivity contribution < 1.29 is 0 Å². The summed E-state index contributed by atoms with van der Waals surface area (Å²) < 4.78 is 2.13. The largest absolute Gasteiger partial charge is 0.399 e. The van der Waals surface area contributed by atoms with Crippen LogP contribution in [0.3, 0.4) is 0 Å². The Morgan fingerprint density at radius 3 is 2.50 bits per heavy atom. The smallest absolute Gasteiger partial charge is 0.111 e. The Hall–Kier alpha value is -2.00. The van der Waals surface area contributed by atoms with Crippen LogP contribution in [0.4, 0.5) is 5.69 Å². The van der Waals surface area contributed by atoms with E-state index in [0.29, 0.717) is 0 Å². The second-order valence-electron chi connectivity index (χ2n) is 4.08. The highest BCUT2D eigenvalue weighted by Crippen LogP contribution is 2.22. The van der Waals surface area contributed by atoms with E-state index in [9.17, 15) is 0 Å². The molecule has 3 rings (SSSR count). The van der Waals surface area contributed by atoms with Crippen LogP contribution in [-0.4, -0.2) is 9.55 Å². The van der Waals surface area contributed by atoms with Crippen molar-refractivity contribution in [2.75, 3.05) is 5.73 Å². The van der Waals surface area contributed by atoms with Crippen LogP contribution < -0.4 is 5.73 Å². The van der Waals surface area contributed by atoms with Crippen LogP contribution in [0.5, 0.6) is 0 Å². The van der Waals surface area contributed by atoms with Crippen LogP contribution in [0.25, 0.3) is 16.7 Å². The average Bonchev–Trinajstić information content (AvgIpc) is 2.65. The molecule has 0 radical (unpaired) electrons. The Morgan fingerprint density at radius 2 is 1.78 bits per heavy atom. The number of benzene rings is 2. The van der Waals surface area contributed by atoms with Crippen LogP contribution in [-0.2, 0) is 0 Å². The van der Waals surface area contributed by atoms with Gasteiger partial charge < -0.3 is 5.73 Å². The number of rotatable bonds is 1. The first-order valence-electron chi connectivity index (χ1n) is 5.56. The molecule has 0 aliphatic carbocycles. The van der Waals surface area contributed by atoms with Crippen molar-refractivity contribution in [3.8, 4) is 5.69 Å². The third-order valence-electron chi connectivity index (χ3n) is 2.86. The van der Waals surface area contributed by atoms with E-state index in [4.69, 9.17) is 5.73 Å². The van der Waals surface area contributed by atoms with E-state index < -0.39 is 0 Å². The Bertz CT molecular complexity index is 674. The molecule has 0 aliphatic rings. The number of imidazole rings is 1. The van der Waals surface area contributed by atoms with E-state index in [2.05, 4.69) is 21.7 Å². The zero-order valence-electron chi connectivity index (χ0n) is 10.00. The summed E-state index contributed by atoms with van der Waals surface area (Å²) in [7, 11) is 0. The normalized spacial score (nSPS) is 10.3. The summed E-state index contributed by atoms with van der Waals surface area (Å²) in [5.41, 5.74) is 9.66. The molecule has 0 saturated carbocycles. The van der Waals surface area contributed by atoms with Crippen LogP contribution in [0.2, 0.25) is 0 Å². The number of aromatic nitrogens is 2. The zero-order chi connectivity index (χ0) is 11.8. The Kier molecular flexibility index (Phi) is 3.26. The molecule has 18 heavy (non-hydrogen) atoms. The topological polar surface area (TPSA) is 43.8 Å². The molecule has 0 bridgehead atoms. The number of nitrogens with two attached hydrogens (primary N) is 1. The van der Waals surface area contributed by atoms with E-state index in [0.717, 1.165) is 28.2 Å². The van der Waals surface area contributed by atoms with Gasteiger partial charge in [-0.3, -0.25) is 4.57 Å². The zero-order valence-corrected chi connectivity index (χ0v) is 10.8. The van der Waals surface area contributed by atoms with Gasteiger partial charge in [-0.2, -0.15) is 0 Å². The number of halogens is 1. The van der Waals surface area contributed by atoms with E-state index in [1.54, 1.807) is 0 Å². The molecule has 0 fully saturated rings. The summed E-state index contributed by atoms with van der Waals surface area (Å²) in [6.45, 7) is 2.00. The molecule has 92 valence electrons. The minimum Gasteiger partial charge on any atom is -0.399 e. The van der Waals surface area contributed by atoms with Gasteiger partial charge >= 0.3 is 0 Å². The lowest BCUT2D eigenvalue weighted by Crippen LogP contribution is -1.96. The van der Waals surface area contributed by atoms with E-state index in [1.165, 1.54) is 0 Å². The average molecular weight is 260 g/mol. The number of aryl methyl sites for hydroxylation is 1. The number of para-hydroxylation sites is 1. The number of nitrogens with zero attached hydrogens (tertiary/aromatic N) is 2. The van der Waals surface area contributed by atoms with Gasteiger partial charge in [0.2, 0.25) is 0 Å². The van der Waals surface area contributed by atoms with Crippen molar-refractivity contribution in [2.45, 2.75) is 6.92 Å². The van der Waals surface area contributed by atoms with Crippen molar-refractivity contribution in [2.24, 2.45) is 0 Å². The molecule has 1 aromatic heterocycles. The first-order chi connectivity index (χ1) is 8.25. The molecule has 1 heterocycles. The van der Waals surface area contributed by atoms with E-state index in [-0.39, 0.29) is 12.4 Å². The quantitative estimate of drug-likeness (QED) is 0.681. The molecular formula is C14H14ClN3. The lowest BCUT2D eigenvalue weighted by atomic mass is 10.2. The highest BCUT2D eigenvalue weighted by atomic mass is 35.5. The van der Waals surface area contributed by atoms with Gasteiger partial charge in [-0.05, 0) is 37.3 Å². The molecule has 0 amide bonds. The number of fused-ring (bicyclic) bond motifs is 1. The molecule has 0 saturated heterocycles. The highest BCUT2D eigenvalue weighted by Gasteiger charge is 2.08. The van der Waals surface area contributed by atoms with Gasteiger partial charge in [0, 0.05) is 11.4 Å². The summed E-state index contributed by atoms with van der Waals surface area (Å²) in [5.74, 6) is 0.969. The van der Waals surface area contributed by atoms with Crippen LogP contribution in [0, 0.1) is 6.92 Å². The molecule has 3 nitrogen and oxygen atoms in total. The predicted molar refractivity (Wildman–Crippen MR) is 77.5 cm³/mol. The van der Waals surface area contributed by atoms with Gasteiger partial charge in [0.15, 0.2) is 0 Å². The van der Waals surface area contributed by atoms with Gasteiger partial charge in [0.25, 0.3) is 0 Å². The summed E-state index contributed by atoms with van der Waals surface area (Å²) in [5, 5.41) is 0. The summed E-state index contributed by atoms with van der Waals surface area (Å²) in [6, 6.07) is 16.0. The highest BCUT2D eigenvalue weighted by molar-refractivity contribution is 5.85. The number of hydrogen-bond donors (Lipinski definition) is 1. The Morgan fingerprint density at radius 1 is 1.06 bits per heavy atom. The molecule has 3 aromatic rings. The maximum Gasteiger partial charge on any atom is 0.111 e. The van der Waals surface area contributed by atoms with Crippen molar-refractivity contribution in [1.29, 1.82) is 0 Å². The summed E-state index contributed by atoms with van der Waals surface area (Å²) in [4.78, 5) is 4.53. The second kappa shape index (κ2) is 4.70. The molecule has 0 aliphatic heterocycles. The van der Waals surface area contributed by atoms with Crippen LogP contribution >= 0.6 is 12.4 Å². The van der Waals surface area contributed by atoms with E-state index >= 15 is 0 Å². The third kappa shape index (κ3) is 1.93. The molecule has 2 N–H and O–H groups in total. The van der Waals surface area contributed by atoms with Gasteiger partial charge in [0.1, 0.15) is 5.82 Å². The van der Waals surface area contributed by atoms with Crippen molar-refractivity contribution in [1.82, 2.24) is 9.55 Å². The fourth-order valence-electron chi connectivity index (χ4n) is 2.12. The van der Waals surface area contributed by atoms with Crippen LogP contribution in [0.15, 0.2) is 48.5 Å². The number of anilines is 1. The van der Waals surface area contributed by atoms with Crippen molar-refractivity contribution >= 4 is 29.1 Å². The molecule has 2 aromatic carbocycles. The lowest BCUT2D eigenvalue weighted by molar-refractivity contribution is 1.00. The molecule has 4 heteroatoms. The maximum atomic E-state index is 5.77. The molecule has 0 unspecified atom stereocenters. The van der Waals surface area contributed by atoms with Crippen molar-refractivity contribution in [3.63, 3.8) is 0 Å². The standard InChI is InChI=1S/C14H13N3.ClH/c1-10-16-13-9-11(15)7-8-14(13)17(10)12-5-3-2-4-6-12;/h2-9H,15H2,1H3;1H. The lowest BCUT2D eigenvalue weighted by Gasteiger charge is -2.06. The number of nitrogen functional groups attached to an aromatic ring is 1. The fourth-order valence-corrected chi connectivity index (χ4v) is 2.12. The molecule has 0 spiro atoms. The van der Waals surface area contributed by atoms with Crippen LogP contribution in [0.1, 0.15) is 5.82 Å². The SMILES string of the molecule is Cc1nc2cc(N)ccc2n1-c1ccccc1.Cl. The molecule has 0 atom stereocenters. The summed E-state index contributed by atoms with van der Waals surface area (Å²) >= 11 is 0. The fraction of sp³-hybridized carbons (Fsp3) is 0.0714. The predicted octanol–water partition coefficient (Wildman–Crippen LogP) is 3.34. The minimum atomic E-state index is 0. The maximum absolute atomic E-state index is 5.77. The van der Waals surface area contributed by atoms with Gasteiger partial charge in [-0.15, -0.1) is 12.4 Å². The van der Waals surface area contributed by atoms with E-state index in [1.807, 2.05) is 43.3 Å². The van der Waals surface area contributed by atoms with Gasteiger partial charge in [-0.25, -0.2) is 4.98 Å². The number of hydrogen-bond acceptors (Lipinski definition) is 2. The Balaban J connectivity index is 0.00000120. The Labute approximate surface area is 112 Å². The molecular weight excluding hydrogens is 246 g/mol.